The molecule has 1 aromatic carbocycles. The molecule has 1 saturated carbocycles. The van der Waals surface area contributed by atoms with Gasteiger partial charge in [-0.05, 0) is 68.3 Å². The second-order valence-corrected chi connectivity index (χ2v) is 7.06. The Hall–Kier alpha value is -1.59. The lowest BCUT2D eigenvalue weighted by Crippen LogP contribution is -2.43. The van der Waals surface area contributed by atoms with Gasteiger partial charge >= 0.3 is 0 Å². The Kier molecular flexibility index (Phi) is 5.74. The van der Waals surface area contributed by atoms with Crippen LogP contribution in [0.15, 0.2) is 24.3 Å². The van der Waals surface area contributed by atoms with Gasteiger partial charge in [-0.2, -0.15) is 0 Å². The number of benzene rings is 1. The predicted octanol–water partition coefficient (Wildman–Crippen LogP) is 1.97. The van der Waals surface area contributed by atoms with Crippen molar-refractivity contribution in [3.8, 4) is 5.75 Å². The zero-order chi connectivity index (χ0) is 16.9. The smallest absolute Gasteiger partial charge is 0.234 e. The molecule has 5 heteroatoms. The first-order valence-corrected chi connectivity index (χ1v) is 8.96. The normalized spacial score (nSPS) is 20.6. The van der Waals surface area contributed by atoms with Crippen molar-refractivity contribution in [1.82, 2.24) is 10.2 Å². The third kappa shape index (κ3) is 4.48. The lowest BCUT2D eigenvalue weighted by molar-refractivity contribution is -0.123. The number of piperidine rings is 1. The minimum absolute atomic E-state index is 0.102. The molecule has 3 rings (SSSR count). The molecule has 1 aromatic rings. The van der Waals surface area contributed by atoms with Crippen molar-refractivity contribution in [2.45, 2.75) is 31.7 Å². The largest absolute Gasteiger partial charge is 0.497 e. The maximum absolute atomic E-state index is 12.5. The standard InChI is InChI=1S/C19H28N2O3/c1-24-17-6-4-16(5-7-17)19(15-2-3-15)20-18(23)12-21-10-8-14(13-22)9-11-21/h4-7,14-15,19,22H,2-3,8-13H2,1H3,(H,20,23). The number of nitrogens with zero attached hydrogens (tertiary/aromatic N) is 1. The van der Waals surface area contributed by atoms with Crippen LogP contribution in [0.4, 0.5) is 0 Å². The van der Waals surface area contributed by atoms with E-state index in [0.717, 1.165) is 37.2 Å². The Balaban J connectivity index is 1.54. The highest BCUT2D eigenvalue weighted by Gasteiger charge is 2.33. The van der Waals surface area contributed by atoms with Crippen molar-refractivity contribution >= 4 is 5.91 Å². The van der Waals surface area contributed by atoms with E-state index in [1.807, 2.05) is 12.1 Å². The highest BCUT2D eigenvalue weighted by Crippen LogP contribution is 2.41. The van der Waals surface area contributed by atoms with Gasteiger partial charge in [0.05, 0.1) is 19.7 Å². The van der Waals surface area contributed by atoms with Crippen LogP contribution in [0.25, 0.3) is 0 Å². The van der Waals surface area contributed by atoms with Crippen LogP contribution < -0.4 is 10.1 Å². The maximum atomic E-state index is 12.5. The first kappa shape index (κ1) is 17.2. The van der Waals surface area contributed by atoms with Crippen LogP contribution in [0.3, 0.4) is 0 Å². The minimum atomic E-state index is 0.102. The van der Waals surface area contributed by atoms with E-state index >= 15 is 0 Å². The van der Waals surface area contributed by atoms with Gasteiger partial charge in [-0.3, -0.25) is 9.69 Å². The summed E-state index contributed by atoms with van der Waals surface area (Å²) < 4.78 is 5.21. The molecule has 0 spiro atoms. The molecule has 0 aromatic heterocycles. The second-order valence-electron chi connectivity index (χ2n) is 7.06. The third-order valence-electron chi connectivity index (χ3n) is 5.22. The monoisotopic (exact) mass is 332 g/mol. The molecule has 1 unspecified atom stereocenters. The lowest BCUT2D eigenvalue weighted by atomic mass is 9.98. The first-order valence-electron chi connectivity index (χ1n) is 8.96. The number of rotatable bonds is 7. The molecule has 1 aliphatic heterocycles. The van der Waals surface area contributed by atoms with Crippen molar-refractivity contribution in [3.05, 3.63) is 29.8 Å². The number of methoxy groups -OCH3 is 1. The fraction of sp³-hybridized carbons (Fsp3) is 0.632. The summed E-state index contributed by atoms with van der Waals surface area (Å²) >= 11 is 0. The van der Waals surface area contributed by atoms with Crippen LogP contribution in [0.2, 0.25) is 0 Å². The molecule has 1 heterocycles. The van der Waals surface area contributed by atoms with Gasteiger partial charge in [0.25, 0.3) is 0 Å². The van der Waals surface area contributed by atoms with Crippen molar-refractivity contribution < 1.29 is 14.6 Å². The minimum Gasteiger partial charge on any atom is -0.497 e. The summed E-state index contributed by atoms with van der Waals surface area (Å²) in [5.74, 6) is 1.90. The molecule has 2 N–H and O–H groups in total. The highest BCUT2D eigenvalue weighted by atomic mass is 16.5. The van der Waals surface area contributed by atoms with Crippen LogP contribution in [0.5, 0.6) is 5.75 Å². The molecule has 2 aliphatic rings. The average molecular weight is 332 g/mol. The zero-order valence-corrected chi connectivity index (χ0v) is 14.4. The Bertz CT molecular complexity index is 534. The SMILES string of the molecule is COc1ccc(C(NC(=O)CN2CCC(CO)CC2)C2CC2)cc1. The molecular weight excluding hydrogens is 304 g/mol. The number of aliphatic hydroxyl groups excluding tert-OH is 1. The summed E-state index contributed by atoms with van der Waals surface area (Å²) in [5.41, 5.74) is 1.16. The van der Waals surface area contributed by atoms with Gasteiger partial charge in [-0.1, -0.05) is 12.1 Å². The number of ether oxygens (including phenoxy) is 1. The van der Waals surface area contributed by atoms with E-state index in [2.05, 4.69) is 22.3 Å². The lowest BCUT2D eigenvalue weighted by Gasteiger charge is -2.31. The Morgan fingerprint density at radius 1 is 1.25 bits per heavy atom. The van der Waals surface area contributed by atoms with Crippen molar-refractivity contribution in [3.63, 3.8) is 0 Å². The summed E-state index contributed by atoms with van der Waals surface area (Å²) in [5, 5.41) is 12.4. The summed E-state index contributed by atoms with van der Waals surface area (Å²) in [7, 11) is 1.66. The van der Waals surface area contributed by atoms with Crippen molar-refractivity contribution in [1.29, 1.82) is 0 Å². The number of carbonyl (C=O) groups is 1. The van der Waals surface area contributed by atoms with Gasteiger partial charge in [0.15, 0.2) is 0 Å². The topological polar surface area (TPSA) is 61.8 Å². The number of nitrogens with one attached hydrogen (secondary N) is 1. The molecule has 5 nitrogen and oxygen atoms in total. The van der Waals surface area contributed by atoms with E-state index in [1.165, 1.54) is 12.8 Å². The molecule has 132 valence electrons. The molecule has 1 saturated heterocycles. The first-order chi connectivity index (χ1) is 11.7. The van der Waals surface area contributed by atoms with Crippen LogP contribution in [-0.4, -0.2) is 49.3 Å². The van der Waals surface area contributed by atoms with Gasteiger partial charge in [0.2, 0.25) is 5.91 Å². The highest BCUT2D eigenvalue weighted by molar-refractivity contribution is 5.78. The summed E-state index contributed by atoms with van der Waals surface area (Å²) in [6, 6.07) is 8.12. The van der Waals surface area contributed by atoms with Crippen molar-refractivity contribution in [2.24, 2.45) is 11.8 Å². The van der Waals surface area contributed by atoms with Crippen LogP contribution in [0.1, 0.15) is 37.3 Å². The van der Waals surface area contributed by atoms with Crippen LogP contribution >= 0.6 is 0 Å². The summed E-state index contributed by atoms with van der Waals surface area (Å²) in [6.07, 6.45) is 4.32. The molecule has 0 radical (unpaired) electrons. The van der Waals surface area contributed by atoms with E-state index < -0.39 is 0 Å². The predicted molar refractivity (Wildman–Crippen MR) is 92.9 cm³/mol. The van der Waals surface area contributed by atoms with Crippen LogP contribution in [0, 0.1) is 11.8 Å². The number of hydrogen-bond acceptors (Lipinski definition) is 4. The van der Waals surface area contributed by atoms with Gasteiger partial charge in [0.1, 0.15) is 5.75 Å². The molecule has 1 aliphatic carbocycles. The third-order valence-corrected chi connectivity index (χ3v) is 5.22. The molecular formula is C19H28N2O3. The van der Waals surface area contributed by atoms with E-state index in [1.54, 1.807) is 7.11 Å². The van der Waals surface area contributed by atoms with E-state index in [4.69, 9.17) is 4.74 Å². The summed E-state index contributed by atoms with van der Waals surface area (Å²) in [4.78, 5) is 14.7. The number of amides is 1. The maximum Gasteiger partial charge on any atom is 0.234 e. The summed E-state index contributed by atoms with van der Waals surface area (Å²) in [6.45, 7) is 2.52. The Labute approximate surface area is 144 Å². The van der Waals surface area contributed by atoms with Gasteiger partial charge in [-0.15, -0.1) is 0 Å². The van der Waals surface area contributed by atoms with Crippen LogP contribution in [-0.2, 0) is 4.79 Å². The fourth-order valence-electron chi connectivity index (χ4n) is 3.46. The quantitative estimate of drug-likeness (QED) is 0.801. The number of aliphatic hydroxyl groups is 1. The van der Waals surface area contributed by atoms with Gasteiger partial charge in [0, 0.05) is 6.61 Å². The molecule has 24 heavy (non-hydrogen) atoms. The fourth-order valence-corrected chi connectivity index (χ4v) is 3.46. The average Bonchev–Trinajstić information content (AvgIpc) is 3.45. The zero-order valence-electron chi connectivity index (χ0n) is 14.4. The number of carbonyl (C=O) groups excluding carboxylic acids is 1. The number of likely N-dealkylation sites (tertiary alicyclic amines) is 1. The number of hydrogen-bond donors (Lipinski definition) is 2. The van der Waals surface area contributed by atoms with E-state index in [-0.39, 0.29) is 18.6 Å². The van der Waals surface area contributed by atoms with Crippen molar-refractivity contribution in [2.75, 3.05) is 33.4 Å². The second kappa shape index (κ2) is 7.99. The Morgan fingerprint density at radius 3 is 2.46 bits per heavy atom. The molecule has 2 fully saturated rings. The van der Waals surface area contributed by atoms with Gasteiger partial charge in [-0.25, -0.2) is 0 Å². The van der Waals surface area contributed by atoms with E-state index in [0.29, 0.717) is 18.4 Å². The molecule has 0 bridgehead atoms. The molecule has 1 atom stereocenters. The molecule has 1 amide bonds. The van der Waals surface area contributed by atoms with Gasteiger partial charge < -0.3 is 15.2 Å². The van der Waals surface area contributed by atoms with E-state index in [9.17, 15) is 9.90 Å². The Morgan fingerprint density at radius 2 is 1.92 bits per heavy atom.